The monoisotopic (exact) mass is 300 g/mol. The summed E-state index contributed by atoms with van der Waals surface area (Å²) in [6.45, 7) is 4.69. The lowest BCUT2D eigenvalue weighted by molar-refractivity contribution is -0.149. The minimum absolute atomic E-state index is 0.139. The van der Waals surface area contributed by atoms with Crippen molar-refractivity contribution in [2.75, 3.05) is 19.7 Å². The number of nitrogens with zero attached hydrogens (tertiary/aromatic N) is 1. The van der Waals surface area contributed by atoms with Gasteiger partial charge >= 0.3 is 12.0 Å². The Labute approximate surface area is 126 Å². The van der Waals surface area contributed by atoms with Crippen molar-refractivity contribution >= 4 is 12.0 Å². The van der Waals surface area contributed by atoms with Crippen molar-refractivity contribution in [1.29, 1.82) is 0 Å². The van der Waals surface area contributed by atoms with E-state index in [1.165, 1.54) is 0 Å². The molecule has 0 saturated carbocycles. The van der Waals surface area contributed by atoms with Gasteiger partial charge in [-0.25, -0.2) is 4.79 Å². The van der Waals surface area contributed by atoms with Crippen LogP contribution in [0.4, 0.5) is 4.79 Å². The zero-order valence-corrected chi connectivity index (χ0v) is 13.1. The molecule has 0 aliphatic carbocycles. The molecule has 0 bridgehead atoms. The third-order valence-corrected chi connectivity index (χ3v) is 4.72. The molecule has 0 aromatic heterocycles. The highest BCUT2D eigenvalue weighted by Crippen LogP contribution is 2.26. The highest BCUT2D eigenvalue weighted by molar-refractivity contribution is 5.78. The predicted octanol–water partition coefficient (Wildman–Crippen LogP) is 1.82. The van der Waals surface area contributed by atoms with E-state index >= 15 is 0 Å². The van der Waals surface area contributed by atoms with Crippen LogP contribution in [0.25, 0.3) is 0 Å². The van der Waals surface area contributed by atoms with Gasteiger partial charge in [-0.2, -0.15) is 0 Å². The van der Waals surface area contributed by atoms with E-state index in [1.807, 2.05) is 13.8 Å². The third-order valence-electron chi connectivity index (χ3n) is 4.72. The zero-order valence-electron chi connectivity index (χ0n) is 13.1. The number of amides is 2. The van der Waals surface area contributed by atoms with E-state index in [4.69, 9.17) is 5.11 Å². The molecule has 0 aromatic rings. The van der Waals surface area contributed by atoms with Gasteiger partial charge in [-0.05, 0) is 38.5 Å². The number of nitrogens with one attached hydrogen (secondary N) is 1. The van der Waals surface area contributed by atoms with E-state index in [9.17, 15) is 14.7 Å². The quantitative estimate of drug-likeness (QED) is 0.638. The number of carbonyl (C=O) groups excluding carboxylic acids is 1. The van der Waals surface area contributed by atoms with Gasteiger partial charge in [-0.15, -0.1) is 0 Å². The Morgan fingerprint density at radius 1 is 1.33 bits per heavy atom. The second kappa shape index (κ2) is 8.22. The van der Waals surface area contributed by atoms with Gasteiger partial charge in [0.2, 0.25) is 0 Å². The maximum absolute atomic E-state index is 12.3. The summed E-state index contributed by atoms with van der Waals surface area (Å²) in [5.74, 6) is -0.856. The molecule has 1 aliphatic heterocycles. The van der Waals surface area contributed by atoms with Crippen LogP contribution in [0.15, 0.2) is 0 Å². The molecule has 1 saturated heterocycles. The first-order valence-electron chi connectivity index (χ1n) is 7.89. The number of likely N-dealkylation sites (tertiary alicyclic amines) is 1. The summed E-state index contributed by atoms with van der Waals surface area (Å²) in [6, 6.07) is -0.0115. The van der Waals surface area contributed by atoms with Gasteiger partial charge in [0.25, 0.3) is 0 Å². The summed E-state index contributed by atoms with van der Waals surface area (Å²) in [7, 11) is 0. The lowest BCUT2D eigenvalue weighted by atomic mass is 9.82. The first-order chi connectivity index (χ1) is 10.0. The Morgan fingerprint density at radius 2 is 2.00 bits per heavy atom. The van der Waals surface area contributed by atoms with E-state index in [-0.39, 0.29) is 25.2 Å². The number of hydrogen-bond acceptors (Lipinski definition) is 3. The van der Waals surface area contributed by atoms with Crippen LogP contribution in [0.2, 0.25) is 0 Å². The molecule has 1 heterocycles. The van der Waals surface area contributed by atoms with Crippen molar-refractivity contribution in [3.63, 3.8) is 0 Å². The standard InChI is InChI=1S/C15H28N2O4/c1-3-15(4-2,13(19)20)11-16-14(21)17-9-5-7-12(17)8-6-10-18/h12,18H,3-11H2,1-2H3,(H,16,21)(H,19,20). The van der Waals surface area contributed by atoms with Crippen molar-refractivity contribution in [1.82, 2.24) is 10.2 Å². The summed E-state index contributed by atoms with van der Waals surface area (Å²) in [6.07, 6.45) is 4.40. The molecule has 1 fully saturated rings. The Morgan fingerprint density at radius 3 is 2.52 bits per heavy atom. The van der Waals surface area contributed by atoms with Gasteiger partial charge in [0.05, 0.1) is 5.41 Å². The van der Waals surface area contributed by atoms with Crippen LogP contribution in [0, 0.1) is 5.41 Å². The zero-order chi connectivity index (χ0) is 15.9. The van der Waals surface area contributed by atoms with Crippen molar-refractivity contribution in [3.8, 4) is 0 Å². The largest absolute Gasteiger partial charge is 0.481 e. The molecule has 1 atom stereocenters. The van der Waals surface area contributed by atoms with Crippen LogP contribution in [0.3, 0.4) is 0 Å². The molecular weight excluding hydrogens is 272 g/mol. The second-order valence-electron chi connectivity index (χ2n) is 5.81. The second-order valence-corrected chi connectivity index (χ2v) is 5.81. The number of aliphatic hydroxyl groups is 1. The number of carbonyl (C=O) groups is 2. The van der Waals surface area contributed by atoms with Crippen molar-refractivity contribution in [3.05, 3.63) is 0 Å². The average Bonchev–Trinajstić information content (AvgIpc) is 2.94. The van der Waals surface area contributed by atoms with Gasteiger partial charge in [0.15, 0.2) is 0 Å². The molecule has 0 radical (unpaired) electrons. The molecule has 122 valence electrons. The Balaban J connectivity index is 2.57. The van der Waals surface area contributed by atoms with E-state index in [1.54, 1.807) is 4.90 Å². The highest BCUT2D eigenvalue weighted by atomic mass is 16.4. The summed E-state index contributed by atoms with van der Waals surface area (Å²) >= 11 is 0. The molecule has 1 rings (SSSR count). The SMILES string of the molecule is CCC(CC)(CNC(=O)N1CCCC1CCCO)C(=O)O. The van der Waals surface area contributed by atoms with Crippen LogP contribution < -0.4 is 5.32 Å². The van der Waals surface area contributed by atoms with Crippen LogP contribution in [-0.4, -0.2) is 52.9 Å². The van der Waals surface area contributed by atoms with E-state index < -0.39 is 11.4 Å². The maximum atomic E-state index is 12.3. The third kappa shape index (κ3) is 4.33. The minimum Gasteiger partial charge on any atom is -0.481 e. The fraction of sp³-hybridized carbons (Fsp3) is 0.867. The topological polar surface area (TPSA) is 89.9 Å². The summed E-state index contributed by atoms with van der Waals surface area (Å²) in [4.78, 5) is 25.5. The molecular formula is C15H28N2O4. The van der Waals surface area contributed by atoms with Crippen LogP contribution >= 0.6 is 0 Å². The summed E-state index contributed by atoms with van der Waals surface area (Å²) in [5.41, 5.74) is -0.879. The van der Waals surface area contributed by atoms with E-state index in [0.29, 0.717) is 25.8 Å². The van der Waals surface area contributed by atoms with Crippen LogP contribution in [0.1, 0.15) is 52.4 Å². The highest BCUT2D eigenvalue weighted by Gasteiger charge is 2.36. The van der Waals surface area contributed by atoms with Gasteiger partial charge < -0.3 is 20.4 Å². The van der Waals surface area contributed by atoms with Gasteiger partial charge in [0, 0.05) is 25.7 Å². The molecule has 3 N–H and O–H groups in total. The van der Waals surface area contributed by atoms with Crippen LogP contribution in [0.5, 0.6) is 0 Å². The lowest BCUT2D eigenvalue weighted by Crippen LogP contribution is -2.48. The van der Waals surface area contributed by atoms with Crippen molar-refractivity contribution in [2.24, 2.45) is 5.41 Å². The fourth-order valence-corrected chi connectivity index (χ4v) is 2.95. The van der Waals surface area contributed by atoms with Crippen LogP contribution in [-0.2, 0) is 4.79 Å². The van der Waals surface area contributed by atoms with Gasteiger partial charge in [0.1, 0.15) is 0 Å². The Kier molecular flexibility index (Phi) is 6.95. The molecule has 0 aromatic carbocycles. The summed E-state index contributed by atoms with van der Waals surface area (Å²) < 4.78 is 0. The molecule has 6 nitrogen and oxygen atoms in total. The number of aliphatic carboxylic acids is 1. The predicted molar refractivity (Wildman–Crippen MR) is 80.1 cm³/mol. The Hall–Kier alpha value is -1.30. The molecule has 1 aliphatic rings. The number of hydrogen-bond donors (Lipinski definition) is 3. The number of rotatable bonds is 8. The molecule has 0 spiro atoms. The molecule has 1 unspecified atom stereocenters. The van der Waals surface area contributed by atoms with Gasteiger partial charge in [-0.3, -0.25) is 4.79 Å². The van der Waals surface area contributed by atoms with E-state index in [0.717, 1.165) is 19.3 Å². The van der Waals surface area contributed by atoms with E-state index in [2.05, 4.69) is 5.32 Å². The fourth-order valence-electron chi connectivity index (χ4n) is 2.95. The lowest BCUT2D eigenvalue weighted by Gasteiger charge is -2.30. The normalized spacial score (nSPS) is 18.8. The maximum Gasteiger partial charge on any atom is 0.317 e. The first kappa shape index (κ1) is 17.8. The average molecular weight is 300 g/mol. The number of carboxylic acids is 1. The molecule has 21 heavy (non-hydrogen) atoms. The van der Waals surface area contributed by atoms with Crippen molar-refractivity contribution in [2.45, 2.75) is 58.4 Å². The number of urea groups is 1. The smallest absolute Gasteiger partial charge is 0.317 e. The number of aliphatic hydroxyl groups excluding tert-OH is 1. The van der Waals surface area contributed by atoms with Crippen molar-refractivity contribution < 1.29 is 19.8 Å². The molecule has 6 heteroatoms. The van der Waals surface area contributed by atoms with Gasteiger partial charge in [-0.1, -0.05) is 13.8 Å². The number of carboxylic acid groups (broad SMARTS) is 1. The first-order valence-corrected chi connectivity index (χ1v) is 7.89. The Bertz CT molecular complexity index is 356. The molecule has 2 amide bonds. The minimum atomic E-state index is -0.879. The summed E-state index contributed by atoms with van der Waals surface area (Å²) in [5, 5.41) is 21.1.